The molecular weight excluding hydrogens is 401 g/mol. The number of anilines is 3. The monoisotopic (exact) mass is 415 g/mol. The smallest absolute Gasteiger partial charge is 0.346 e. The van der Waals surface area contributed by atoms with Crippen LogP contribution >= 0.6 is 23.2 Å². The van der Waals surface area contributed by atoms with Crippen molar-refractivity contribution in [3.05, 3.63) is 80.1 Å². The van der Waals surface area contributed by atoms with Gasteiger partial charge in [0.25, 0.3) is 0 Å². The van der Waals surface area contributed by atoms with Crippen LogP contribution in [0.5, 0.6) is 0 Å². The third-order valence-electron chi connectivity index (χ3n) is 4.60. The van der Waals surface area contributed by atoms with Crippen LogP contribution in [-0.4, -0.2) is 21.4 Å². The summed E-state index contributed by atoms with van der Waals surface area (Å²) in [7, 11) is 0. The topological polar surface area (TPSA) is 84.2 Å². The van der Waals surface area contributed by atoms with E-state index >= 15 is 0 Å². The lowest BCUT2D eigenvalue weighted by molar-refractivity contribution is -0.383. The second kappa shape index (κ2) is 7.61. The summed E-state index contributed by atoms with van der Waals surface area (Å²) in [6.07, 6.45) is 2.11. The summed E-state index contributed by atoms with van der Waals surface area (Å²) in [5.41, 5.74) is 2.68. The highest BCUT2D eigenvalue weighted by Gasteiger charge is 2.29. The molecule has 0 saturated carbocycles. The molecule has 2 heterocycles. The molecule has 0 spiro atoms. The molecule has 28 heavy (non-hydrogen) atoms. The van der Waals surface area contributed by atoms with Crippen LogP contribution in [0.1, 0.15) is 11.1 Å². The Labute approximate surface area is 171 Å². The number of hydrogen-bond donors (Lipinski definition) is 1. The van der Waals surface area contributed by atoms with Gasteiger partial charge in [-0.3, -0.25) is 10.1 Å². The first-order valence-electron chi connectivity index (χ1n) is 8.56. The molecule has 7 nitrogen and oxygen atoms in total. The van der Waals surface area contributed by atoms with Gasteiger partial charge in [-0.05, 0) is 35.7 Å². The molecule has 0 fully saturated rings. The van der Waals surface area contributed by atoms with Crippen molar-refractivity contribution >= 4 is 46.2 Å². The molecular formula is C19H15Cl2N5O2. The predicted molar refractivity (Wildman–Crippen MR) is 110 cm³/mol. The van der Waals surface area contributed by atoms with E-state index in [1.54, 1.807) is 18.2 Å². The number of benzene rings is 2. The Morgan fingerprint density at radius 3 is 2.64 bits per heavy atom. The van der Waals surface area contributed by atoms with Crippen LogP contribution in [0, 0.1) is 10.1 Å². The number of hydrogen-bond acceptors (Lipinski definition) is 6. The van der Waals surface area contributed by atoms with Gasteiger partial charge in [-0.2, -0.15) is 0 Å². The average Bonchev–Trinajstić information content (AvgIpc) is 2.69. The molecule has 9 heteroatoms. The molecule has 0 aliphatic carbocycles. The van der Waals surface area contributed by atoms with Crippen molar-refractivity contribution in [3.8, 4) is 0 Å². The first-order chi connectivity index (χ1) is 13.5. The molecule has 0 saturated heterocycles. The fraction of sp³-hybridized carbons (Fsp3) is 0.158. The predicted octanol–water partition coefficient (Wildman–Crippen LogP) is 5.00. The van der Waals surface area contributed by atoms with Gasteiger partial charge in [-0.25, -0.2) is 9.97 Å². The highest BCUT2D eigenvalue weighted by atomic mass is 35.5. The largest absolute Gasteiger partial charge is 0.353 e. The zero-order valence-corrected chi connectivity index (χ0v) is 16.1. The fourth-order valence-electron chi connectivity index (χ4n) is 3.26. The average molecular weight is 416 g/mol. The highest BCUT2D eigenvalue weighted by Crippen LogP contribution is 2.37. The van der Waals surface area contributed by atoms with Crippen molar-refractivity contribution in [1.82, 2.24) is 9.97 Å². The number of nitrogens with zero attached hydrogens (tertiary/aromatic N) is 4. The summed E-state index contributed by atoms with van der Waals surface area (Å²) in [6.45, 7) is 1.19. The van der Waals surface area contributed by atoms with Gasteiger partial charge >= 0.3 is 5.69 Å². The molecule has 2 aromatic carbocycles. The summed E-state index contributed by atoms with van der Waals surface area (Å²) >= 11 is 12.1. The van der Waals surface area contributed by atoms with Crippen molar-refractivity contribution in [1.29, 1.82) is 0 Å². The first kappa shape index (κ1) is 18.5. The fourth-order valence-corrected chi connectivity index (χ4v) is 3.71. The lowest BCUT2D eigenvalue weighted by atomic mass is 10.00. The van der Waals surface area contributed by atoms with Crippen molar-refractivity contribution in [2.75, 3.05) is 16.8 Å². The molecule has 3 aromatic rings. The Hall–Kier alpha value is -2.90. The van der Waals surface area contributed by atoms with Crippen molar-refractivity contribution in [3.63, 3.8) is 0 Å². The third kappa shape index (κ3) is 3.58. The molecule has 142 valence electrons. The lowest BCUT2D eigenvalue weighted by Crippen LogP contribution is -2.31. The van der Waals surface area contributed by atoms with Crippen LogP contribution in [0.3, 0.4) is 0 Å². The number of rotatable bonds is 4. The Morgan fingerprint density at radius 1 is 1.11 bits per heavy atom. The Kier molecular flexibility index (Phi) is 5.02. The normalized spacial score (nSPS) is 13.1. The van der Waals surface area contributed by atoms with Crippen molar-refractivity contribution in [2.24, 2.45) is 0 Å². The van der Waals surface area contributed by atoms with Gasteiger partial charge in [0.15, 0.2) is 0 Å². The molecule has 0 amide bonds. The van der Waals surface area contributed by atoms with Gasteiger partial charge in [0.2, 0.25) is 11.6 Å². The minimum atomic E-state index is -0.470. The first-order valence-corrected chi connectivity index (χ1v) is 9.31. The SMILES string of the molecule is O=[N+]([O-])c1c(Nc2ccc(Cl)cc2Cl)ncnc1N1CCc2ccccc2C1. The van der Waals surface area contributed by atoms with E-state index < -0.39 is 4.92 Å². The van der Waals surface area contributed by atoms with Gasteiger partial charge in [0.05, 0.1) is 15.6 Å². The molecule has 4 rings (SSSR count). The van der Waals surface area contributed by atoms with Gasteiger partial charge in [-0.15, -0.1) is 0 Å². The van der Waals surface area contributed by atoms with Crippen LogP contribution in [0.4, 0.5) is 23.0 Å². The van der Waals surface area contributed by atoms with E-state index in [4.69, 9.17) is 23.2 Å². The molecule has 0 bridgehead atoms. The maximum absolute atomic E-state index is 11.9. The van der Waals surface area contributed by atoms with Crippen LogP contribution in [-0.2, 0) is 13.0 Å². The van der Waals surface area contributed by atoms with E-state index in [9.17, 15) is 10.1 Å². The maximum Gasteiger partial charge on any atom is 0.353 e. The number of nitro groups is 1. The zero-order valence-electron chi connectivity index (χ0n) is 14.6. The second-order valence-corrected chi connectivity index (χ2v) is 7.18. The Balaban J connectivity index is 1.71. The molecule has 0 atom stereocenters. The van der Waals surface area contributed by atoms with Gasteiger partial charge in [-0.1, -0.05) is 47.5 Å². The molecule has 1 N–H and O–H groups in total. The molecule has 1 aliphatic rings. The molecule has 0 unspecified atom stereocenters. The number of aromatic nitrogens is 2. The van der Waals surface area contributed by atoms with Crippen molar-refractivity contribution in [2.45, 2.75) is 13.0 Å². The number of halogens is 2. The molecule has 1 aromatic heterocycles. The quantitative estimate of drug-likeness (QED) is 0.476. The maximum atomic E-state index is 11.9. The van der Waals surface area contributed by atoms with Crippen LogP contribution in [0.25, 0.3) is 0 Å². The minimum absolute atomic E-state index is 0.0816. The summed E-state index contributed by atoms with van der Waals surface area (Å²) in [5.74, 6) is 0.361. The Morgan fingerprint density at radius 2 is 1.89 bits per heavy atom. The van der Waals surface area contributed by atoms with Gasteiger partial charge in [0, 0.05) is 18.1 Å². The van der Waals surface area contributed by atoms with Crippen LogP contribution in [0.2, 0.25) is 10.0 Å². The lowest BCUT2D eigenvalue weighted by Gasteiger charge is -2.29. The van der Waals surface area contributed by atoms with Crippen LogP contribution < -0.4 is 10.2 Å². The van der Waals surface area contributed by atoms with Crippen LogP contribution in [0.15, 0.2) is 48.8 Å². The standard InChI is InChI=1S/C19H15Cl2N5O2/c20-14-5-6-16(15(21)9-14)24-18-17(26(27)28)19(23-11-22-18)25-8-7-12-3-1-2-4-13(12)10-25/h1-6,9,11H,7-8,10H2,(H,22,23,24). The second-order valence-electron chi connectivity index (χ2n) is 6.34. The molecule has 1 aliphatic heterocycles. The summed E-state index contributed by atoms with van der Waals surface area (Å²) in [5, 5.41) is 15.6. The van der Waals surface area contributed by atoms with Gasteiger partial charge in [0.1, 0.15) is 6.33 Å². The summed E-state index contributed by atoms with van der Waals surface area (Å²) in [4.78, 5) is 21.6. The highest BCUT2D eigenvalue weighted by molar-refractivity contribution is 6.36. The number of nitrogens with one attached hydrogen (secondary N) is 1. The van der Waals surface area contributed by atoms with E-state index in [-0.39, 0.29) is 17.3 Å². The van der Waals surface area contributed by atoms with E-state index in [1.165, 1.54) is 11.9 Å². The van der Waals surface area contributed by atoms with E-state index in [0.717, 1.165) is 12.0 Å². The van der Waals surface area contributed by atoms with E-state index in [0.29, 0.717) is 28.8 Å². The van der Waals surface area contributed by atoms with Crippen molar-refractivity contribution < 1.29 is 4.92 Å². The summed E-state index contributed by atoms with van der Waals surface area (Å²) < 4.78 is 0. The Bertz CT molecular complexity index is 1060. The summed E-state index contributed by atoms with van der Waals surface area (Å²) in [6, 6.07) is 12.9. The minimum Gasteiger partial charge on any atom is -0.346 e. The van der Waals surface area contributed by atoms with E-state index in [2.05, 4.69) is 21.4 Å². The zero-order chi connectivity index (χ0) is 19.7. The van der Waals surface area contributed by atoms with E-state index in [1.807, 2.05) is 23.1 Å². The van der Waals surface area contributed by atoms with Gasteiger partial charge < -0.3 is 10.2 Å². The third-order valence-corrected chi connectivity index (χ3v) is 5.15. The molecule has 0 radical (unpaired) electrons. The number of fused-ring (bicyclic) bond motifs is 1.